The van der Waals surface area contributed by atoms with Crippen LogP contribution in [0.3, 0.4) is 0 Å². The van der Waals surface area contributed by atoms with E-state index in [0.29, 0.717) is 25.2 Å². The Hall–Kier alpha value is -1.96. The van der Waals surface area contributed by atoms with Crippen LogP contribution in [0.1, 0.15) is 52.9 Å². The number of carboxylic acids is 1. The van der Waals surface area contributed by atoms with E-state index < -0.39 is 17.4 Å². The lowest BCUT2D eigenvalue weighted by atomic mass is 9.76. The lowest BCUT2D eigenvalue weighted by Gasteiger charge is -2.35. The first-order valence-electron chi connectivity index (χ1n) is 8.38. The maximum Gasteiger partial charge on any atom is 0.320 e. The molecule has 0 aromatic carbocycles. The molecule has 1 unspecified atom stereocenters. The zero-order valence-corrected chi connectivity index (χ0v) is 14.6. The van der Waals surface area contributed by atoms with Crippen molar-refractivity contribution in [3.8, 4) is 0 Å². The van der Waals surface area contributed by atoms with Crippen LogP contribution in [0.15, 0.2) is 4.99 Å². The Labute approximate surface area is 142 Å². The molecule has 0 bridgehead atoms. The number of hydrogen-bond acceptors (Lipinski definition) is 5. The highest BCUT2D eigenvalue weighted by Crippen LogP contribution is 2.32. The van der Waals surface area contributed by atoms with Crippen molar-refractivity contribution in [1.82, 2.24) is 10.6 Å². The Morgan fingerprint density at radius 1 is 1.25 bits per heavy atom. The molecule has 24 heavy (non-hydrogen) atoms. The highest BCUT2D eigenvalue weighted by atomic mass is 16.4. The fraction of sp³-hybridized carbons (Fsp3) is 0.750. The van der Waals surface area contributed by atoms with E-state index in [1.165, 1.54) is 0 Å². The minimum atomic E-state index is -1.06. The van der Waals surface area contributed by atoms with E-state index in [2.05, 4.69) is 29.5 Å². The van der Waals surface area contributed by atoms with Gasteiger partial charge < -0.3 is 10.8 Å². The maximum absolute atomic E-state index is 12.5. The highest BCUT2D eigenvalue weighted by molar-refractivity contribution is 6.20. The SMILES string of the molecule is CCC1(CCC(C)C)C(=O)NC(=NCCCC(N)C(=O)O)NC1=O. The average molecular weight is 340 g/mol. The predicted octanol–water partition coefficient (Wildman–Crippen LogP) is 0.613. The standard InChI is InChI=1S/C16H28N4O4/c1-4-16(8-7-10(2)3)13(23)19-15(20-14(16)24)18-9-5-6-11(17)12(21)22/h10-11H,4-9,17H2,1-3H3,(H,21,22)(H2,18,19,20,23,24). The Morgan fingerprint density at radius 3 is 2.29 bits per heavy atom. The molecule has 1 rings (SSSR count). The summed E-state index contributed by atoms with van der Waals surface area (Å²) in [6, 6.07) is -0.926. The molecule has 2 amide bonds. The number of carboxylic acid groups (broad SMARTS) is 1. The van der Waals surface area contributed by atoms with Crippen LogP contribution in [-0.4, -0.2) is 41.4 Å². The van der Waals surface area contributed by atoms with Crippen LogP contribution in [0, 0.1) is 11.3 Å². The second kappa shape index (κ2) is 8.77. The predicted molar refractivity (Wildman–Crippen MR) is 90.2 cm³/mol. The number of nitrogens with two attached hydrogens (primary N) is 1. The van der Waals surface area contributed by atoms with Gasteiger partial charge in [0.2, 0.25) is 17.8 Å². The molecule has 136 valence electrons. The van der Waals surface area contributed by atoms with E-state index >= 15 is 0 Å². The summed E-state index contributed by atoms with van der Waals surface area (Å²) in [5.41, 5.74) is 4.36. The number of hydrogen-bond donors (Lipinski definition) is 4. The second-order valence-electron chi connectivity index (χ2n) is 6.59. The minimum absolute atomic E-state index is 0.127. The molecule has 1 fully saturated rings. The fourth-order valence-corrected chi connectivity index (χ4v) is 2.55. The molecule has 0 saturated carbocycles. The molecule has 1 saturated heterocycles. The normalized spacial score (nSPS) is 22.1. The van der Waals surface area contributed by atoms with Gasteiger partial charge in [-0.2, -0.15) is 0 Å². The minimum Gasteiger partial charge on any atom is -0.480 e. The van der Waals surface area contributed by atoms with Gasteiger partial charge >= 0.3 is 5.97 Å². The number of nitrogens with one attached hydrogen (secondary N) is 2. The Balaban J connectivity index is 2.64. The van der Waals surface area contributed by atoms with Gasteiger partial charge in [-0.15, -0.1) is 0 Å². The summed E-state index contributed by atoms with van der Waals surface area (Å²) in [5.74, 6) is -1.17. The van der Waals surface area contributed by atoms with E-state index in [-0.39, 0.29) is 30.7 Å². The number of carbonyl (C=O) groups is 3. The quantitative estimate of drug-likeness (QED) is 0.360. The lowest BCUT2D eigenvalue weighted by Crippen LogP contribution is -2.62. The van der Waals surface area contributed by atoms with Crippen LogP contribution in [0.5, 0.6) is 0 Å². The summed E-state index contributed by atoms with van der Waals surface area (Å²) < 4.78 is 0. The van der Waals surface area contributed by atoms with E-state index in [1.807, 2.05) is 6.92 Å². The third-order valence-electron chi connectivity index (χ3n) is 4.35. The average Bonchev–Trinajstić information content (AvgIpc) is 2.51. The van der Waals surface area contributed by atoms with Crippen LogP contribution < -0.4 is 16.4 Å². The van der Waals surface area contributed by atoms with Gasteiger partial charge in [0.05, 0.1) is 0 Å². The number of nitrogens with zero attached hydrogens (tertiary/aromatic N) is 1. The van der Waals surface area contributed by atoms with Crippen molar-refractivity contribution in [2.75, 3.05) is 6.54 Å². The molecule has 0 spiro atoms. The molecule has 1 heterocycles. The van der Waals surface area contributed by atoms with Crippen molar-refractivity contribution in [1.29, 1.82) is 0 Å². The van der Waals surface area contributed by atoms with E-state index in [1.54, 1.807) is 0 Å². The monoisotopic (exact) mass is 340 g/mol. The summed E-state index contributed by atoms with van der Waals surface area (Å²) in [7, 11) is 0. The van der Waals surface area contributed by atoms with Crippen molar-refractivity contribution >= 4 is 23.7 Å². The van der Waals surface area contributed by atoms with Gasteiger partial charge in [-0.3, -0.25) is 30.0 Å². The first-order chi connectivity index (χ1) is 11.2. The van der Waals surface area contributed by atoms with Crippen molar-refractivity contribution in [3.63, 3.8) is 0 Å². The molecule has 0 aromatic rings. The molecule has 1 aliphatic heterocycles. The Bertz CT molecular complexity index is 496. The topological polar surface area (TPSA) is 134 Å². The lowest BCUT2D eigenvalue weighted by molar-refractivity contribution is -0.145. The van der Waals surface area contributed by atoms with Gasteiger partial charge in [0.15, 0.2) is 0 Å². The third kappa shape index (κ3) is 5.02. The summed E-state index contributed by atoms with van der Waals surface area (Å²) in [4.78, 5) is 39.7. The summed E-state index contributed by atoms with van der Waals surface area (Å²) in [5, 5.41) is 14.0. The molecule has 1 aliphatic rings. The molecule has 0 radical (unpaired) electrons. The van der Waals surface area contributed by atoms with E-state index in [4.69, 9.17) is 10.8 Å². The molecular formula is C16H28N4O4. The largest absolute Gasteiger partial charge is 0.480 e. The van der Waals surface area contributed by atoms with Gasteiger partial charge in [0.1, 0.15) is 11.5 Å². The number of aliphatic carboxylic acids is 1. The van der Waals surface area contributed by atoms with Crippen LogP contribution in [0.25, 0.3) is 0 Å². The summed E-state index contributed by atoms with van der Waals surface area (Å²) in [6.07, 6.45) is 2.45. The zero-order chi connectivity index (χ0) is 18.3. The first kappa shape index (κ1) is 20.1. The Kier molecular flexibility index (Phi) is 7.34. The van der Waals surface area contributed by atoms with E-state index in [9.17, 15) is 14.4 Å². The maximum atomic E-state index is 12.5. The first-order valence-corrected chi connectivity index (χ1v) is 8.38. The molecule has 8 heteroatoms. The number of guanidine groups is 1. The van der Waals surface area contributed by atoms with Crippen LogP contribution >= 0.6 is 0 Å². The van der Waals surface area contributed by atoms with Gasteiger partial charge in [-0.05, 0) is 38.0 Å². The number of amides is 2. The highest BCUT2D eigenvalue weighted by Gasteiger charge is 2.47. The van der Waals surface area contributed by atoms with Gasteiger partial charge in [0.25, 0.3) is 0 Å². The van der Waals surface area contributed by atoms with Crippen molar-refractivity contribution < 1.29 is 19.5 Å². The van der Waals surface area contributed by atoms with Gasteiger partial charge in [-0.1, -0.05) is 20.8 Å². The Morgan fingerprint density at radius 2 is 1.83 bits per heavy atom. The third-order valence-corrected chi connectivity index (χ3v) is 4.35. The number of carbonyl (C=O) groups excluding carboxylic acids is 2. The zero-order valence-electron chi connectivity index (χ0n) is 14.6. The molecular weight excluding hydrogens is 312 g/mol. The summed E-state index contributed by atoms with van der Waals surface area (Å²) in [6.45, 7) is 6.21. The van der Waals surface area contributed by atoms with Crippen LogP contribution in [0.2, 0.25) is 0 Å². The molecule has 0 aliphatic carbocycles. The summed E-state index contributed by atoms with van der Waals surface area (Å²) >= 11 is 0. The smallest absolute Gasteiger partial charge is 0.320 e. The molecule has 8 nitrogen and oxygen atoms in total. The second-order valence-corrected chi connectivity index (χ2v) is 6.59. The van der Waals surface area contributed by atoms with Crippen LogP contribution in [0.4, 0.5) is 0 Å². The van der Waals surface area contributed by atoms with E-state index in [0.717, 1.165) is 6.42 Å². The molecule has 5 N–H and O–H groups in total. The van der Waals surface area contributed by atoms with Gasteiger partial charge in [-0.25, -0.2) is 0 Å². The van der Waals surface area contributed by atoms with Crippen molar-refractivity contribution in [3.05, 3.63) is 0 Å². The van der Waals surface area contributed by atoms with Crippen molar-refractivity contribution in [2.45, 2.75) is 58.9 Å². The fourth-order valence-electron chi connectivity index (χ4n) is 2.55. The molecule has 1 atom stereocenters. The van der Waals surface area contributed by atoms with Crippen molar-refractivity contribution in [2.24, 2.45) is 22.1 Å². The van der Waals surface area contributed by atoms with Gasteiger partial charge in [0, 0.05) is 6.54 Å². The van der Waals surface area contributed by atoms with Crippen LogP contribution in [-0.2, 0) is 14.4 Å². The number of aliphatic imine (C=N–C) groups is 1. The number of rotatable bonds is 9. The molecule has 0 aromatic heterocycles.